The first-order valence-corrected chi connectivity index (χ1v) is 7.08. The molecule has 0 heterocycles. The number of rotatable bonds is 3. The summed E-state index contributed by atoms with van der Waals surface area (Å²) in [5.41, 5.74) is 8.27. The van der Waals surface area contributed by atoms with Gasteiger partial charge in [0.15, 0.2) is 0 Å². The zero-order valence-corrected chi connectivity index (χ0v) is 12.4. The number of nitrogens with two attached hydrogens (primary N) is 1. The Morgan fingerprint density at radius 3 is 2.75 bits per heavy atom. The summed E-state index contributed by atoms with van der Waals surface area (Å²) in [6.07, 6.45) is 2.42. The molecule has 20 heavy (non-hydrogen) atoms. The van der Waals surface area contributed by atoms with Crippen molar-refractivity contribution in [2.75, 3.05) is 0 Å². The molecule has 4 heteroatoms. The summed E-state index contributed by atoms with van der Waals surface area (Å²) in [4.78, 5) is 11.3. The van der Waals surface area contributed by atoms with Gasteiger partial charge in [0.2, 0.25) is 0 Å². The van der Waals surface area contributed by atoms with Crippen LogP contribution in [0, 0.1) is 20.8 Å². The van der Waals surface area contributed by atoms with Gasteiger partial charge in [-0.2, -0.15) is 0 Å². The Morgan fingerprint density at radius 1 is 1.40 bits per heavy atom. The van der Waals surface area contributed by atoms with Crippen molar-refractivity contribution in [1.82, 2.24) is 0 Å². The van der Waals surface area contributed by atoms with Crippen LogP contribution in [0.15, 0.2) is 12.1 Å². The van der Waals surface area contributed by atoms with E-state index in [-0.39, 0.29) is 6.10 Å². The van der Waals surface area contributed by atoms with Crippen molar-refractivity contribution in [2.45, 2.75) is 58.1 Å². The minimum Gasteiger partial charge on any atom is -0.490 e. The van der Waals surface area contributed by atoms with Gasteiger partial charge in [-0.05, 0) is 62.8 Å². The van der Waals surface area contributed by atoms with Crippen molar-refractivity contribution < 1.29 is 14.6 Å². The van der Waals surface area contributed by atoms with E-state index < -0.39 is 11.5 Å². The fraction of sp³-hybridized carbons (Fsp3) is 0.562. The summed E-state index contributed by atoms with van der Waals surface area (Å²) >= 11 is 0. The first-order valence-electron chi connectivity index (χ1n) is 7.08. The van der Waals surface area contributed by atoms with Gasteiger partial charge in [0.25, 0.3) is 0 Å². The molecular formula is C16H23NO3. The van der Waals surface area contributed by atoms with Crippen LogP contribution < -0.4 is 10.5 Å². The normalized spacial score (nSPS) is 26.3. The largest absolute Gasteiger partial charge is 0.490 e. The van der Waals surface area contributed by atoms with Crippen LogP contribution in [0.25, 0.3) is 0 Å². The Labute approximate surface area is 119 Å². The quantitative estimate of drug-likeness (QED) is 0.891. The maximum atomic E-state index is 11.3. The van der Waals surface area contributed by atoms with Crippen LogP contribution in [0.2, 0.25) is 0 Å². The molecule has 1 aromatic carbocycles. The standard InChI is InChI=1S/C16H23NO3/c1-10-7-11(2)12(3)14(8-10)20-13-5-4-6-16(17,9-13)15(18)19/h7-8,13H,4-6,9,17H2,1-3H3,(H,18,19). The second kappa shape index (κ2) is 5.44. The molecule has 0 amide bonds. The van der Waals surface area contributed by atoms with Crippen molar-refractivity contribution in [2.24, 2.45) is 5.73 Å². The molecule has 0 bridgehead atoms. The van der Waals surface area contributed by atoms with E-state index in [1.807, 2.05) is 19.9 Å². The second-order valence-corrected chi connectivity index (χ2v) is 6.00. The number of benzene rings is 1. The molecule has 4 nitrogen and oxygen atoms in total. The maximum Gasteiger partial charge on any atom is 0.323 e. The molecule has 1 aromatic rings. The van der Waals surface area contributed by atoms with Crippen LogP contribution in [0.4, 0.5) is 0 Å². The van der Waals surface area contributed by atoms with E-state index in [0.29, 0.717) is 12.8 Å². The van der Waals surface area contributed by atoms with Gasteiger partial charge >= 0.3 is 5.97 Å². The third-order valence-corrected chi connectivity index (χ3v) is 4.22. The van der Waals surface area contributed by atoms with Crippen LogP contribution in [0.5, 0.6) is 5.75 Å². The van der Waals surface area contributed by atoms with Gasteiger partial charge in [-0.3, -0.25) is 4.79 Å². The number of carbonyl (C=O) groups is 1. The Kier molecular flexibility index (Phi) is 4.04. The zero-order valence-electron chi connectivity index (χ0n) is 12.4. The highest BCUT2D eigenvalue weighted by molar-refractivity contribution is 5.78. The fourth-order valence-corrected chi connectivity index (χ4v) is 2.85. The van der Waals surface area contributed by atoms with Crippen LogP contribution in [-0.4, -0.2) is 22.7 Å². The lowest BCUT2D eigenvalue weighted by Crippen LogP contribution is -2.53. The Bertz CT molecular complexity index is 527. The molecule has 2 atom stereocenters. The summed E-state index contributed by atoms with van der Waals surface area (Å²) in [6.45, 7) is 6.12. The van der Waals surface area contributed by atoms with Gasteiger partial charge in [0, 0.05) is 6.42 Å². The summed E-state index contributed by atoms with van der Waals surface area (Å²) < 4.78 is 6.05. The molecule has 0 radical (unpaired) electrons. The van der Waals surface area contributed by atoms with Crippen molar-refractivity contribution in [3.63, 3.8) is 0 Å². The Hall–Kier alpha value is -1.55. The summed E-state index contributed by atoms with van der Waals surface area (Å²) in [6, 6.07) is 4.13. The average molecular weight is 277 g/mol. The van der Waals surface area contributed by atoms with E-state index in [4.69, 9.17) is 10.5 Å². The van der Waals surface area contributed by atoms with E-state index in [1.54, 1.807) is 0 Å². The monoisotopic (exact) mass is 277 g/mol. The highest BCUT2D eigenvalue weighted by atomic mass is 16.5. The molecule has 2 rings (SSSR count). The van der Waals surface area contributed by atoms with Crippen LogP contribution in [0.1, 0.15) is 42.4 Å². The lowest BCUT2D eigenvalue weighted by molar-refractivity contribution is -0.145. The fourth-order valence-electron chi connectivity index (χ4n) is 2.85. The number of hydrogen-bond acceptors (Lipinski definition) is 3. The molecule has 110 valence electrons. The average Bonchev–Trinajstić information content (AvgIpc) is 2.35. The van der Waals surface area contributed by atoms with Gasteiger partial charge in [0.05, 0.1) is 0 Å². The van der Waals surface area contributed by atoms with E-state index in [0.717, 1.165) is 29.7 Å². The van der Waals surface area contributed by atoms with Crippen molar-refractivity contribution >= 4 is 5.97 Å². The lowest BCUT2D eigenvalue weighted by Gasteiger charge is -2.35. The smallest absolute Gasteiger partial charge is 0.323 e. The summed E-state index contributed by atoms with van der Waals surface area (Å²) in [5, 5.41) is 9.24. The Morgan fingerprint density at radius 2 is 2.10 bits per heavy atom. The number of carboxylic acid groups (broad SMARTS) is 1. The number of aliphatic carboxylic acids is 1. The van der Waals surface area contributed by atoms with E-state index in [9.17, 15) is 9.90 Å². The minimum atomic E-state index is -1.14. The van der Waals surface area contributed by atoms with Crippen molar-refractivity contribution in [3.05, 3.63) is 28.8 Å². The summed E-state index contributed by atoms with van der Waals surface area (Å²) in [5.74, 6) is -0.0786. The number of hydrogen-bond donors (Lipinski definition) is 2. The van der Waals surface area contributed by atoms with Crippen LogP contribution in [0.3, 0.4) is 0 Å². The Balaban J connectivity index is 2.16. The van der Waals surface area contributed by atoms with E-state index in [1.165, 1.54) is 5.56 Å². The van der Waals surface area contributed by atoms with Crippen molar-refractivity contribution in [3.8, 4) is 5.75 Å². The molecule has 1 aliphatic rings. The van der Waals surface area contributed by atoms with E-state index >= 15 is 0 Å². The SMILES string of the molecule is Cc1cc(C)c(C)c(OC2CCCC(N)(C(=O)O)C2)c1. The zero-order chi connectivity index (χ0) is 14.9. The first-order chi connectivity index (χ1) is 9.32. The van der Waals surface area contributed by atoms with Crippen LogP contribution in [-0.2, 0) is 4.79 Å². The predicted octanol–water partition coefficient (Wildman–Crippen LogP) is 2.72. The first kappa shape index (κ1) is 14.9. The lowest BCUT2D eigenvalue weighted by atomic mass is 9.81. The topological polar surface area (TPSA) is 72.5 Å². The van der Waals surface area contributed by atoms with Gasteiger partial charge in [0.1, 0.15) is 17.4 Å². The highest BCUT2D eigenvalue weighted by Gasteiger charge is 2.40. The molecular weight excluding hydrogens is 254 g/mol. The molecule has 0 saturated heterocycles. The molecule has 2 unspecified atom stereocenters. The third kappa shape index (κ3) is 2.96. The minimum absolute atomic E-state index is 0.121. The molecule has 1 saturated carbocycles. The number of carboxylic acids is 1. The van der Waals surface area contributed by atoms with Gasteiger partial charge in [-0.15, -0.1) is 0 Å². The second-order valence-electron chi connectivity index (χ2n) is 6.00. The van der Waals surface area contributed by atoms with Gasteiger partial charge in [-0.1, -0.05) is 6.07 Å². The number of ether oxygens (including phenoxy) is 1. The van der Waals surface area contributed by atoms with Gasteiger partial charge < -0.3 is 15.6 Å². The molecule has 0 spiro atoms. The third-order valence-electron chi connectivity index (χ3n) is 4.22. The van der Waals surface area contributed by atoms with Crippen molar-refractivity contribution in [1.29, 1.82) is 0 Å². The maximum absolute atomic E-state index is 11.3. The molecule has 3 N–H and O–H groups in total. The molecule has 1 fully saturated rings. The van der Waals surface area contributed by atoms with Gasteiger partial charge in [-0.25, -0.2) is 0 Å². The highest BCUT2D eigenvalue weighted by Crippen LogP contribution is 2.32. The summed E-state index contributed by atoms with van der Waals surface area (Å²) in [7, 11) is 0. The van der Waals surface area contributed by atoms with E-state index in [2.05, 4.69) is 13.0 Å². The molecule has 0 aromatic heterocycles. The number of aryl methyl sites for hydroxylation is 2. The predicted molar refractivity (Wildman–Crippen MR) is 78.1 cm³/mol. The molecule has 1 aliphatic carbocycles. The molecule has 0 aliphatic heterocycles. The van der Waals surface area contributed by atoms with Crippen LogP contribution >= 0.6 is 0 Å².